The molecule has 2 rings (SSSR count). The Morgan fingerprint density at radius 2 is 1.84 bits per heavy atom. The highest BCUT2D eigenvalue weighted by atomic mass is 35.5. The number of carbonyl (C=O) groups is 1. The van der Waals surface area contributed by atoms with Crippen molar-refractivity contribution in [2.75, 3.05) is 0 Å². The molecule has 0 spiro atoms. The predicted molar refractivity (Wildman–Crippen MR) is 73.2 cm³/mol. The lowest BCUT2D eigenvalue weighted by Crippen LogP contribution is -2.05. The number of halogens is 2. The Morgan fingerprint density at radius 1 is 1.21 bits per heavy atom. The van der Waals surface area contributed by atoms with Gasteiger partial charge in [0.25, 0.3) is 0 Å². The molecular formula is C15H13ClFNO. The molecule has 0 bridgehead atoms. The van der Waals surface area contributed by atoms with E-state index in [0.717, 1.165) is 11.4 Å². The normalized spacial score (nSPS) is 10.5. The highest BCUT2D eigenvalue weighted by molar-refractivity contribution is 6.30. The second-order valence-electron chi connectivity index (χ2n) is 4.49. The van der Waals surface area contributed by atoms with Gasteiger partial charge in [-0.15, -0.1) is 0 Å². The molecule has 0 fully saturated rings. The Balaban J connectivity index is 2.22. The number of nitrogens with zero attached hydrogens (tertiary/aromatic N) is 1. The predicted octanol–water partition coefficient (Wildman–Crippen LogP) is 3.92. The largest absolute Gasteiger partial charge is 0.294 e. The molecule has 0 amide bonds. The van der Waals surface area contributed by atoms with Crippen LogP contribution in [0.4, 0.5) is 4.39 Å². The maximum atomic E-state index is 13.0. The Labute approximate surface area is 116 Å². The lowest BCUT2D eigenvalue weighted by molar-refractivity contribution is 0.0992. The van der Waals surface area contributed by atoms with Crippen LogP contribution in [0, 0.1) is 19.7 Å². The third-order valence-corrected chi connectivity index (χ3v) is 3.04. The molecule has 1 heterocycles. The molecule has 0 aliphatic rings. The number of hydrogen-bond donors (Lipinski definition) is 0. The van der Waals surface area contributed by atoms with Gasteiger partial charge in [-0.05, 0) is 43.7 Å². The van der Waals surface area contributed by atoms with Gasteiger partial charge in [0.15, 0.2) is 5.78 Å². The summed E-state index contributed by atoms with van der Waals surface area (Å²) in [7, 11) is 0. The number of aryl methyl sites for hydroxylation is 2. The summed E-state index contributed by atoms with van der Waals surface area (Å²) < 4.78 is 13.0. The van der Waals surface area contributed by atoms with Gasteiger partial charge in [0, 0.05) is 23.4 Å². The third kappa shape index (κ3) is 3.38. The Hall–Kier alpha value is -1.74. The molecule has 0 atom stereocenters. The summed E-state index contributed by atoms with van der Waals surface area (Å²) in [6.07, 6.45) is 0.197. The third-order valence-electron chi connectivity index (χ3n) is 2.75. The first kappa shape index (κ1) is 13.7. The van der Waals surface area contributed by atoms with Gasteiger partial charge < -0.3 is 0 Å². The van der Waals surface area contributed by atoms with Gasteiger partial charge in [-0.2, -0.15) is 0 Å². The Kier molecular flexibility index (Phi) is 3.96. The number of rotatable bonds is 3. The lowest BCUT2D eigenvalue weighted by atomic mass is 10.0. The van der Waals surface area contributed by atoms with E-state index in [1.165, 1.54) is 12.1 Å². The summed E-state index contributed by atoms with van der Waals surface area (Å²) >= 11 is 5.70. The van der Waals surface area contributed by atoms with Gasteiger partial charge in [0.05, 0.1) is 5.02 Å². The maximum Gasteiger partial charge on any atom is 0.167 e. The van der Waals surface area contributed by atoms with Gasteiger partial charge in [-0.3, -0.25) is 9.78 Å². The van der Waals surface area contributed by atoms with E-state index in [1.54, 1.807) is 18.2 Å². The molecule has 0 radical (unpaired) electrons. The molecule has 1 aromatic carbocycles. The molecule has 0 N–H and O–H groups in total. The van der Waals surface area contributed by atoms with Crippen LogP contribution in [0.15, 0.2) is 30.3 Å². The molecule has 0 unspecified atom stereocenters. The standard InChI is InChI=1S/C15H13ClFNO/c1-9-5-12(6-10(2)18-9)15(19)8-11-3-4-14(17)13(16)7-11/h3-7H,8H2,1-2H3. The van der Waals surface area contributed by atoms with E-state index >= 15 is 0 Å². The number of hydrogen-bond acceptors (Lipinski definition) is 2. The molecule has 4 heteroatoms. The first-order valence-electron chi connectivity index (χ1n) is 5.88. The minimum absolute atomic E-state index is 0.0312. The van der Waals surface area contributed by atoms with Crippen LogP contribution >= 0.6 is 11.6 Å². The van der Waals surface area contributed by atoms with Crippen molar-refractivity contribution in [1.82, 2.24) is 4.98 Å². The first-order chi connectivity index (χ1) is 8.95. The highest BCUT2D eigenvalue weighted by Crippen LogP contribution is 2.18. The van der Waals surface area contributed by atoms with Gasteiger partial charge in [0.1, 0.15) is 5.82 Å². The summed E-state index contributed by atoms with van der Waals surface area (Å²) in [5, 5.41) is 0.0346. The van der Waals surface area contributed by atoms with Crippen LogP contribution in [0.5, 0.6) is 0 Å². The minimum Gasteiger partial charge on any atom is -0.294 e. The molecular weight excluding hydrogens is 265 g/mol. The average Bonchev–Trinajstić information content (AvgIpc) is 2.32. The van der Waals surface area contributed by atoms with Gasteiger partial charge >= 0.3 is 0 Å². The van der Waals surface area contributed by atoms with E-state index in [0.29, 0.717) is 11.1 Å². The quantitative estimate of drug-likeness (QED) is 0.796. The number of carbonyl (C=O) groups excluding carboxylic acids is 1. The van der Waals surface area contributed by atoms with Crippen molar-refractivity contribution in [2.45, 2.75) is 20.3 Å². The van der Waals surface area contributed by atoms with Crippen molar-refractivity contribution in [3.05, 3.63) is 63.7 Å². The van der Waals surface area contributed by atoms with E-state index in [4.69, 9.17) is 11.6 Å². The number of ketones is 1. The summed E-state index contributed by atoms with van der Waals surface area (Å²) in [5.74, 6) is -0.509. The van der Waals surface area contributed by atoms with Gasteiger partial charge in [-0.1, -0.05) is 17.7 Å². The van der Waals surface area contributed by atoms with Gasteiger partial charge in [-0.25, -0.2) is 4.39 Å². The fraction of sp³-hybridized carbons (Fsp3) is 0.200. The molecule has 0 aliphatic heterocycles. The van der Waals surface area contributed by atoms with Crippen LogP contribution in [0.3, 0.4) is 0 Å². The van der Waals surface area contributed by atoms with E-state index in [2.05, 4.69) is 4.98 Å². The second-order valence-corrected chi connectivity index (χ2v) is 4.89. The molecule has 2 nitrogen and oxygen atoms in total. The van der Waals surface area contributed by atoms with Crippen LogP contribution < -0.4 is 0 Å². The zero-order valence-corrected chi connectivity index (χ0v) is 11.5. The van der Waals surface area contributed by atoms with Crippen molar-refractivity contribution < 1.29 is 9.18 Å². The molecule has 2 aromatic rings. The zero-order valence-electron chi connectivity index (χ0n) is 10.7. The monoisotopic (exact) mass is 277 g/mol. The zero-order chi connectivity index (χ0) is 14.0. The van der Waals surface area contributed by atoms with E-state index in [9.17, 15) is 9.18 Å². The number of benzene rings is 1. The van der Waals surface area contributed by atoms with Crippen molar-refractivity contribution >= 4 is 17.4 Å². The van der Waals surface area contributed by atoms with Crippen LogP contribution in [0.2, 0.25) is 5.02 Å². The van der Waals surface area contributed by atoms with Crippen molar-refractivity contribution in [2.24, 2.45) is 0 Å². The SMILES string of the molecule is Cc1cc(C(=O)Cc2ccc(F)c(Cl)c2)cc(C)n1. The summed E-state index contributed by atoms with van der Waals surface area (Å²) in [6.45, 7) is 3.69. The number of Topliss-reactive ketones (excluding diaryl/α,β-unsaturated/α-hetero) is 1. The summed E-state index contributed by atoms with van der Waals surface area (Å²) in [6, 6.07) is 7.82. The van der Waals surface area contributed by atoms with Crippen LogP contribution in [-0.2, 0) is 6.42 Å². The van der Waals surface area contributed by atoms with Crippen molar-refractivity contribution in [1.29, 1.82) is 0 Å². The van der Waals surface area contributed by atoms with Crippen LogP contribution in [0.25, 0.3) is 0 Å². The van der Waals surface area contributed by atoms with Crippen LogP contribution in [0.1, 0.15) is 27.3 Å². The molecule has 19 heavy (non-hydrogen) atoms. The fourth-order valence-electron chi connectivity index (χ4n) is 1.93. The van der Waals surface area contributed by atoms with Crippen LogP contribution in [-0.4, -0.2) is 10.8 Å². The Morgan fingerprint density at radius 3 is 2.42 bits per heavy atom. The molecule has 0 saturated heterocycles. The second kappa shape index (κ2) is 5.49. The van der Waals surface area contributed by atoms with Crippen molar-refractivity contribution in [3.8, 4) is 0 Å². The Bertz CT molecular complexity index is 620. The van der Waals surface area contributed by atoms with E-state index in [-0.39, 0.29) is 17.2 Å². The fourth-order valence-corrected chi connectivity index (χ4v) is 2.14. The maximum absolute atomic E-state index is 13.0. The van der Waals surface area contributed by atoms with Crippen molar-refractivity contribution in [3.63, 3.8) is 0 Å². The minimum atomic E-state index is -0.478. The topological polar surface area (TPSA) is 30.0 Å². The van der Waals surface area contributed by atoms with E-state index in [1.807, 2.05) is 13.8 Å². The average molecular weight is 278 g/mol. The lowest BCUT2D eigenvalue weighted by Gasteiger charge is -2.05. The molecule has 0 saturated carbocycles. The summed E-state index contributed by atoms with van der Waals surface area (Å²) in [5.41, 5.74) is 2.93. The molecule has 1 aromatic heterocycles. The van der Waals surface area contributed by atoms with Gasteiger partial charge in [0.2, 0.25) is 0 Å². The van der Waals surface area contributed by atoms with E-state index < -0.39 is 5.82 Å². The number of pyridine rings is 1. The smallest absolute Gasteiger partial charge is 0.167 e. The summed E-state index contributed by atoms with van der Waals surface area (Å²) in [4.78, 5) is 16.4. The number of aromatic nitrogens is 1. The first-order valence-corrected chi connectivity index (χ1v) is 6.26. The highest BCUT2D eigenvalue weighted by Gasteiger charge is 2.10. The molecule has 98 valence electrons. The molecule has 0 aliphatic carbocycles.